The Labute approximate surface area is 198 Å². The Kier molecular flexibility index (Phi) is 6.92. The molecule has 2 unspecified atom stereocenters. The highest BCUT2D eigenvalue weighted by Gasteiger charge is 2.61. The standard InChI is InChI=1S/C27H25ClO3S/c1-27(2)23(17-24(28)32-22-14-7-4-8-15-22)25(27)26(29)30-18-19-10-9-13-21(16-19)31-20-11-5-3-6-12-20/h3-17,23,25H,18H2,1-2H3/b24-17+. The second-order valence-corrected chi connectivity index (χ2v) is 10.1. The summed E-state index contributed by atoms with van der Waals surface area (Å²) in [5, 5.41) is 0. The number of carbonyl (C=O) groups excluding carboxylic acids is 1. The lowest BCUT2D eigenvalue weighted by Crippen LogP contribution is -2.10. The number of hydrogen-bond donors (Lipinski definition) is 0. The van der Waals surface area contributed by atoms with Gasteiger partial charge in [-0.1, -0.05) is 91.8 Å². The van der Waals surface area contributed by atoms with Crippen LogP contribution in [0.5, 0.6) is 11.5 Å². The van der Waals surface area contributed by atoms with Gasteiger partial charge in [-0.2, -0.15) is 0 Å². The molecular formula is C27H25ClO3S. The minimum Gasteiger partial charge on any atom is -0.461 e. The number of benzene rings is 3. The lowest BCUT2D eigenvalue weighted by Gasteiger charge is -2.09. The number of hydrogen-bond acceptors (Lipinski definition) is 4. The van der Waals surface area contributed by atoms with Gasteiger partial charge in [0.2, 0.25) is 0 Å². The summed E-state index contributed by atoms with van der Waals surface area (Å²) in [6.07, 6.45) is 1.99. The molecule has 0 spiro atoms. The summed E-state index contributed by atoms with van der Waals surface area (Å²) >= 11 is 7.96. The molecule has 0 aromatic heterocycles. The van der Waals surface area contributed by atoms with E-state index in [0.29, 0.717) is 10.1 Å². The molecule has 32 heavy (non-hydrogen) atoms. The lowest BCUT2D eigenvalue weighted by atomic mass is 10.1. The minimum atomic E-state index is -0.198. The van der Waals surface area contributed by atoms with Crippen molar-refractivity contribution in [2.45, 2.75) is 25.3 Å². The van der Waals surface area contributed by atoms with Crippen molar-refractivity contribution in [2.75, 3.05) is 0 Å². The first-order valence-corrected chi connectivity index (χ1v) is 11.7. The summed E-state index contributed by atoms with van der Waals surface area (Å²) < 4.78 is 12.2. The van der Waals surface area contributed by atoms with Crippen LogP contribution in [0.25, 0.3) is 0 Å². The van der Waals surface area contributed by atoms with Crippen molar-refractivity contribution in [3.63, 3.8) is 0 Å². The van der Waals surface area contributed by atoms with Crippen LogP contribution in [0.3, 0.4) is 0 Å². The Hall–Kier alpha value is -2.69. The molecule has 0 radical (unpaired) electrons. The topological polar surface area (TPSA) is 35.5 Å². The van der Waals surface area contributed by atoms with Crippen LogP contribution in [-0.2, 0) is 16.1 Å². The first-order chi connectivity index (χ1) is 15.4. The van der Waals surface area contributed by atoms with Gasteiger partial charge in [0.1, 0.15) is 18.1 Å². The van der Waals surface area contributed by atoms with Crippen molar-refractivity contribution >= 4 is 29.3 Å². The first kappa shape index (κ1) is 22.5. The molecule has 0 amide bonds. The maximum absolute atomic E-state index is 12.8. The van der Waals surface area contributed by atoms with Gasteiger partial charge in [0.05, 0.1) is 10.3 Å². The molecule has 0 N–H and O–H groups in total. The van der Waals surface area contributed by atoms with E-state index in [1.54, 1.807) is 0 Å². The van der Waals surface area contributed by atoms with E-state index in [2.05, 4.69) is 13.8 Å². The molecule has 1 fully saturated rings. The van der Waals surface area contributed by atoms with E-state index in [9.17, 15) is 4.79 Å². The van der Waals surface area contributed by atoms with E-state index in [1.807, 2.05) is 91.0 Å². The van der Waals surface area contributed by atoms with Crippen LogP contribution in [0.1, 0.15) is 19.4 Å². The largest absolute Gasteiger partial charge is 0.461 e. The number of halogens is 1. The van der Waals surface area contributed by atoms with Gasteiger partial charge in [-0.05, 0) is 53.3 Å². The van der Waals surface area contributed by atoms with Gasteiger partial charge < -0.3 is 9.47 Å². The minimum absolute atomic E-state index is 0.0615. The van der Waals surface area contributed by atoms with Gasteiger partial charge in [0, 0.05) is 4.90 Å². The zero-order chi connectivity index (χ0) is 22.6. The lowest BCUT2D eigenvalue weighted by molar-refractivity contribution is -0.147. The monoisotopic (exact) mass is 464 g/mol. The molecule has 164 valence electrons. The molecule has 0 aliphatic heterocycles. The molecule has 4 rings (SSSR count). The SMILES string of the molecule is CC1(C)C(/C=C(\Cl)Sc2ccccc2)C1C(=O)OCc1cccc(Oc2ccccc2)c1. The van der Waals surface area contributed by atoms with E-state index in [-0.39, 0.29) is 29.8 Å². The normalized spacial score (nSPS) is 19.3. The highest BCUT2D eigenvalue weighted by atomic mass is 35.5. The molecule has 0 saturated heterocycles. The van der Waals surface area contributed by atoms with Crippen molar-refractivity contribution in [2.24, 2.45) is 17.3 Å². The molecule has 1 aliphatic carbocycles. The van der Waals surface area contributed by atoms with Crippen LogP contribution in [0.2, 0.25) is 0 Å². The second kappa shape index (κ2) is 9.85. The highest BCUT2D eigenvalue weighted by Crippen LogP contribution is 2.60. The van der Waals surface area contributed by atoms with E-state index >= 15 is 0 Å². The van der Waals surface area contributed by atoms with Crippen LogP contribution < -0.4 is 4.74 Å². The summed E-state index contributed by atoms with van der Waals surface area (Å²) in [4.78, 5) is 13.9. The van der Waals surface area contributed by atoms with Crippen LogP contribution >= 0.6 is 23.4 Å². The van der Waals surface area contributed by atoms with Gasteiger partial charge >= 0.3 is 5.97 Å². The fraction of sp³-hybridized carbons (Fsp3) is 0.222. The van der Waals surface area contributed by atoms with E-state index in [1.165, 1.54) is 11.8 Å². The van der Waals surface area contributed by atoms with Crippen LogP contribution in [-0.4, -0.2) is 5.97 Å². The van der Waals surface area contributed by atoms with Gasteiger partial charge in [0.25, 0.3) is 0 Å². The van der Waals surface area contributed by atoms with E-state index in [4.69, 9.17) is 21.1 Å². The molecule has 2 atom stereocenters. The Morgan fingerprint density at radius 2 is 1.62 bits per heavy atom. The Bertz CT molecular complexity index is 1100. The zero-order valence-electron chi connectivity index (χ0n) is 18.0. The summed E-state index contributed by atoms with van der Waals surface area (Å²) in [6, 6.07) is 27.2. The van der Waals surface area contributed by atoms with Gasteiger partial charge in [0.15, 0.2) is 0 Å². The third-order valence-electron chi connectivity index (χ3n) is 5.69. The zero-order valence-corrected chi connectivity index (χ0v) is 19.6. The molecule has 1 aliphatic rings. The number of para-hydroxylation sites is 1. The van der Waals surface area contributed by atoms with Gasteiger partial charge in [-0.3, -0.25) is 4.79 Å². The van der Waals surface area contributed by atoms with Crippen molar-refractivity contribution in [3.05, 3.63) is 101 Å². The summed E-state index contributed by atoms with van der Waals surface area (Å²) in [5.74, 6) is 1.14. The molecule has 0 bridgehead atoms. The van der Waals surface area contributed by atoms with Crippen LogP contribution in [0, 0.1) is 17.3 Å². The second-order valence-electron chi connectivity index (χ2n) is 8.38. The fourth-order valence-corrected chi connectivity index (χ4v) is 4.92. The predicted molar refractivity (Wildman–Crippen MR) is 130 cm³/mol. The van der Waals surface area contributed by atoms with Crippen molar-refractivity contribution in [3.8, 4) is 11.5 Å². The Balaban J connectivity index is 1.34. The fourth-order valence-electron chi connectivity index (χ4n) is 3.78. The molecule has 3 aromatic rings. The molecule has 1 saturated carbocycles. The number of thioether (sulfide) groups is 1. The number of rotatable bonds is 8. The average molecular weight is 465 g/mol. The van der Waals surface area contributed by atoms with E-state index in [0.717, 1.165) is 16.2 Å². The summed E-state index contributed by atoms with van der Waals surface area (Å²) in [5.41, 5.74) is 0.710. The number of carbonyl (C=O) groups is 1. The van der Waals surface area contributed by atoms with E-state index < -0.39 is 0 Å². The first-order valence-electron chi connectivity index (χ1n) is 10.5. The Morgan fingerprint density at radius 3 is 2.34 bits per heavy atom. The number of allylic oxidation sites excluding steroid dienone is 1. The number of esters is 1. The maximum atomic E-state index is 12.8. The molecule has 3 aromatic carbocycles. The van der Waals surface area contributed by atoms with Crippen molar-refractivity contribution in [1.29, 1.82) is 0 Å². The van der Waals surface area contributed by atoms with Crippen molar-refractivity contribution < 1.29 is 14.3 Å². The smallest absolute Gasteiger partial charge is 0.310 e. The van der Waals surface area contributed by atoms with Crippen molar-refractivity contribution in [1.82, 2.24) is 0 Å². The summed E-state index contributed by atoms with van der Waals surface area (Å²) in [7, 11) is 0. The molecule has 5 heteroatoms. The number of ether oxygens (including phenoxy) is 2. The van der Waals surface area contributed by atoms with Crippen LogP contribution in [0.4, 0.5) is 0 Å². The third-order valence-corrected chi connectivity index (χ3v) is 6.89. The predicted octanol–water partition coefficient (Wildman–Crippen LogP) is 7.67. The third kappa shape index (κ3) is 5.56. The highest BCUT2D eigenvalue weighted by molar-refractivity contribution is 8.04. The maximum Gasteiger partial charge on any atom is 0.310 e. The van der Waals surface area contributed by atoms with Gasteiger partial charge in [-0.25, -0.2) is 0 Å². The van der Waals surface area contributed by atoms with Gasteiger partial charge in [-0.15, -0.1) is 0 Å². The Morgan fingerprint density at radius 1 is 0.969 bits per heavy atom. The average Bonchev–Trinajstić information content (AvgIpc) is 3.33. The van der Waals surface area contributed by atoms with Crippen LogP contribution in [0.15, 0.2) is 100 Å². The molecular weight excluding hydrogens is 440 g/mol. The molecule has 0 heterocycles. The summed E-state index contributed by atoms with van der Waals surface area (Å²) in [6.45, 7) is 4.36. The molecule has 3 nitrogen and oxygen atoms in total. The quantitative estimate of drug-likeness (QED) is 0.253.